The maximum Gasteiger partial charge on any atom is 0.100 e. The van der Waals surface area contributed by atoms with E-state index < -0.39 is 6.10 Å². The summed E-state index contributed by atoms with van der Waals surface area (Å²) < 4.78 is 4.02. The highest BCUT2D eigenvalue weighted by molar-refractivity contribution is 7.05. The molecule has 2 atom stereocenters. The molecule has 2 unspecified atom stereocenters. The van der Waals surface area contributed by atoms with Crippen molar-refractivity contribution in [2.75, 3.05) is 0 Å². The number of hydrogen-bond acceptors (Lipinski definition) is 5. The highest BCUT2D eigenvalue weighted by atomic mass is 32.1. The lowest BCUT2D eigenvalue weighted by Gasteiger charge is -2.27. The first-order chi connectivity index (χ1) is 9.81. The van der Waals surface area contributed by atoms with E-state index >= 15 is 0 Å². The Hall–Kier alpha value is -1.33. The van der Waals surface area contributed by atoms with Crippen LogP contribution in [0.2, 0.25) is 0 Å². The summed E-state index contributed by atoms with van der Waals surface area (Å²) in [5.41, 5.74) is 3.28. The molecular formula is C15H19N3OS. The van der Waals surface area contributed by atoms with Crippen molar-refractivity contribution in [2.45, 2.75) is 51.0 Å². The second-order valence-electron chi connectivity index (χ2n) is 5.33. The predicted molar refractivity (Wildman–Crippen MR) is 78.8 cm³/mol. The average Bonchev–Trinajstić information content (AvgIpc) is 2.94. The number of pyridine rings is 1. The first kappa shape index (κ1) is 13.6. The number of aliphatic hydroxyl groups is 1. The molecule has 0 bridgehead atoms. The Bertz CT molecular complexity index is 584. The Morgan fingerprint density at radius 2 is 2.40 bits per heavy atom. The minimum Gasteiger partial charge on any atom is -0.387 e. The summed E-state index contributed by atoms with van der Waals surface area (Å²) >= 11 is 1.33. The van der Waals surface area contributed by atoms with E-state index in [1.54, 1.807) is 0 Å². The zero-order valence-electron chi connectivity index (χ0n) is 11.6. The van der Waals surface area contributed by atoms with Gasteiger partial charge in [-0.15, -0.1) is 5.10 Å². The molecule has 1 aliphatic carbocycles. The van der Waals surface area contributed by atoms with E-state index in [2.05, 4.69) is 27.6 Å². The third-order valence-corrected chi connectivity index (χ3v) is 4.80. The number of hydrogen-bond donors (Lipinski definition) is 1. The van der Waals surface area contributed by atoms with E-state index in [9.17, 15) is 5.11 Å². The molecule has 0 saturated heterocycles. The van der Waals surface area contributed by atoms with Crippen LogP contribution in [0.4, 0.5) is 0 Å². The van der Waals surface area contributed by atoms with Crippen LogP contribution in [0, 0.1) is 0 Å². The third-order valence-electron chi connectivity index (χ3n) is 3.96. The Morgan fingerprint density at radius 1 is 1.50 bits per heavy atom. The first-order valence-electron chi connectivity index (χ1n) is 7.24. The van der Waals surface area contributed by atoms with Crippen LogP contribution >= 0.6 is 11.5 Å². The van der Waals surface area contributed by atoms with Gasteiger partial charge in [-0.05, 0) is 48.8 Å². The van der Waals surface area contributed by atoms with Gasteiger partial charge in [0, 0.05) is 17.8 Å². The fourth-order valence-corrected chi connectivity index (χ4v) is 3.73. The van der Waals surface area contributed by atoms with E-state index in [0.29, 0.717) is 0 Å². The minimum atomic E-state index is -0.523. The number of aryl methyl sites for hydroxylation is 2. The lowest BCUT2D eigenvalue weighted by molar-refractivity contribution is 0.136. The molecule has 0 radical (unpaired) electrons. The molecule has 0 fully saturated rings. The molecule has 2 aromatic heterocycles. The Balaban J connectivity index is 1.91. The van der Waals surface area contributed by atoms with Crippen LogP contribution in [0.1, 0.15) is 60.0 Å². The summed E-state index contributed by atoms with van der Waals surface area (Å²) in [6.45, 7) is 2.12. The number of rotatable bonds is 4. The zero-order chi connectivity index (χ0) is 13.9. The fraction of sp³-hybridized carbons (Fsp3) is 0.533. The van der Waals surface area contributed by atoms with Gasteiger partial charge >= 0.3 is 0 Å². The lowest BCUT2D eigenvalue weighted by atomic mass is 9.82. The molecule has 1 aliphatic rings. The largest absolute Gasteiger partial charge is 0.387 e. The van der Waals surface area contributed by atoms with Gasteiger partial charge < -0.3 is 5.11 Å². The van der Waals surface area contributed by atoms with E-state index in [-0.39, 0.29) is 5.92 Å². The van der Waals surface area contributed by atoms with Crippen LogP contribution < -0.4 is 0 Å². The second kappa shape index (κ2) is 5.97. The van der Waals surface area contributed by atoms with Crippen LogP contribution in [0.5, 0.6) is 0 Å². The summed E-state index contributed by atoms with van der Waals surface area (Å²) in [5.74, 6) is 0.0813. The Morgan fingerprint density at radius 3 is 3.25 bits per heavy atom. The second-order valence-corrected chi connectivity index (χ2v) is 6.11. The van der Waals surface area contributed by atoms with Gasteiger partial charge in [-0.1, -0.05) is 23.9 Å². The molecule has 0 spiro atoms. The zero-order valence-corrected chi connectivity index (χ0v) is 12.4. The van der Waals surface area contributed by atoms with E-state index in [4.69, 9.17) is 0 Å². The van der Waals surface area contributed by atoms with E-state index in [1.807, 2.05) is 12.3 Å². The predicted octanol–water partition coefficient (Wildman–Crippen LogP) is 3.04. The standard InChI is InChI=1S/C15H19N3OS/c1-2-5-12-15(20-18-17-12)14(19)11-8-3-6-10-7-4-9-16-13(10)11/h4,7,9,11,14,19H,2-3,5-6,8H2,1H3. The first-order valence-corrected chi connectivity index (χ1v) is 8.01. The smallest absolute Gasteiger partial charge is 0.100 e. The van der Waals surface area contributed by atoms with Gasteiger partial charge in [-0.3, -0.25) is 4.98 Å². The summed E-state index contributed by atoms with van der Waals surface area (Å²) in [6, 6.07) is 4.10. The van der Waals surface area contributed by atoms with Gasteiger partial charge in [-0.25, -0.2) is 0 Å². The van der Waals surface area contributed by atoms with E-state index in [1.165, 1.54) is 17.1 Å². The van der Waals surface area contributed by atoms with Crippen LogP contribution in [0.3, 0.4) is 0 Å². The quantitative estimate of drug-likeness (QED) is 0.940. The fourth-order valence-electron chi connectivity index (χ4n) is 2.99. The van der Waals surface area contributed by atoms with Crippen molar-refractivity contribution in [3.8, 4) is 0 Å². The Labute approximate surface area is 123 Å². The van der Waals surface area contributed by atoms with E-state index in [0.717, 1.165) is 48.4 Å². The van der Waals surface area contributed by atoms with Crippen LogP contribution in [-0.4, -0.2) is 19.7 Å². The van der Waals surface area contributed by atoms with Gasteiger partial charge in [0.25, 0.3) is 0 Å². The van der Waals surface area contributed by atoms with Crippen LogP contribution in [0.15, 0.2) is 18.3 Å². The number of aliphatic hydroxyl groups excluding tert-OH is 1. The molecule has 0 saturated carbocycles. The average molecular weight is 289 g/mol. The molecule has 2 heterocycles. The van der Waals surface area contributed by atoms with Crippen molar-refractivity contribution in [3.05, 3.63) is 40.2 Å². The summed E-state index contributed by atoms with van der Waals surface area (Å²) in [4.78, 5) is 5.44. The molecule has 106 valence electrons. The van der Waals surface area contributed by atoms with Gasteiger partial charge in [-0.2, -0.15) is 0 Å². The summed E-state index contributed by atoms with van der Waals surface area (Å²) in [7, 11) is 0. The topological polar surface area (TPSA) is 58.9 Å². The maximum atomic E-state index is 10.8. The molecule has 20 heavy (non-hydrogen) atoms. The maximum absolute atomic E-state index is 10.8. The molecule has 5 heteroatoms. The highest BCUT2D eigenvalue weighted by Crippen LogP contribution is 2.40. The molecule has 0 amide bonds. The lowest BCUT2D eigenvalue weighted by Crippen LogP contribution is -2.18. The van der Waals surface area contributed by atoms with Crippen molar-refractivity contribution in [1.82, 2.24) is 14.6 Å². The number of fused-ring (bicyclic) bond motifs is 1. The highest BCUT2D eigenvalue weighted by Gasteiger charge is 2.31. The molecule has 1 N–H and O–H groups in total. The molecule has 3 rings (SSSR count). The SMILES string of the molecule is CCCc1nnsc1C(O)C1CCCc2cccnc21. The van der Waals surface area contributed by atoms with Gasteiger partial charge in [0.1, 0.15) is 6.10 Å². The van der Waals surface area contributed by atoms with Crippen molar-refractivity contribution in [1.29, 1.82) is 0 Å². The third kappa shape index (κ3) is 2.47. The van der Waals surface area contributed by atoms with Gasteiger partial charge in [0.15, 0.2) is 0 Å². The van der Waals surface area contributed by atoms with Crippen molar-refractivity contribution >= 4 is 11.5 Å². The molecular weight excluding hydrogens is 270 g/mol. The number of nitrogens with zero attached hydrogens (tertiary/aromatic N) is 3. The van der Waals surface area contributed by atoms with Gasteiger partial charge in [0.05, 0.1) is 10.6 Å². The van der Waals surface area contributed by atoms with Crippen molar-refractivity contribution in [3.63, 3.8) is 0 Å². The molecule has 4 nitrogen and oxygen atoms in total. The summed E-state index contributed by atoms with van der Waals surface area (Å²) in [5, 5.41) is 14.9. The molecule has 0 aliphatic heterocycles. The molecule has 0 aromatic carbocycles. The van der Waals surface area contributed by atoms with Crippen molar-refractivity contribution < 1.29 is 5.11 Å². The Kier molecular flexibility index (Phi) is 4.08. The molecule has 2 aromatic rings. The normalized spacial score (nSPS) is 19.6. The monoisotopic (exact) mass is 289 g/mol. The van der Waals surface area contributed by atoms with Crippen molar-refractivity contribution in [2.24, 2.45) is 0 Å². The van der Waals surface area contributed by atoms with Crippen LogP contribution in [-0.2, 0) is 12.8 Å². The van der Waals surface area contributed by atoms with Gasteiger partial charge in [0.2, 0.25) is 0 Å². The van der Waals surface area contributed by atoms with Crippen LogP contribution in [0.25, 0.3) is 0 Å². The summed E-state index contributed by atoms with van der Waals surface area (Å²) in [6.07, 6.45) is 6.35. The number of aromatic nitrogens is 3. The minimum absolute atomic E-state index is 0.0813.